The zero-order valence-electron chi connectivity index (χ0n) is 16.5. The molecule has 3 heterocycles. The van der Waals surface area contributed by atoms with Gasteiger partial charge in [-0.05, 0) is 56.6 Å². The highest BCUT2D eigenvalue weighted by Gasteiger charge is 2.51. The molecule has 0 saturated carbocycles. The first-order valence-corrected chi connectivity index (χ1v) is 10.7. The van der Waals surface area contributed by atoms with Crippen molar-refractivity contribution in [3.8, 4) is 0 Å². The topological polar surface area (TPSA) is 53.6 Å². The summed E-state index contributed by atoms with van der Waals surface area (Å²) >= 11 is 0. The van der Waals surface area contributed by atoms with Crippen LogP contribution in [0.2, 0.25) is 0 Å². The SMILES string of the molecule is CCC1(N2C3CCC2CC(CCC(=O)Nc2ccccc2)C3)CNCCO1. The summed E-state index contributed by atoms with van der Waals surface area (Å²) in [5, 5.41) is 6.57. The number of nitrogens with zero attached hydrogens (tertiary/aromatic N) is 1. The number of amides is 1. The largest absolute Gasteiger partial charge is 0.358 e. The van der Waals surface area contributed by atoms with Gasteiger partial charge in [0.05, 0.1) is 6.61 Å². The molecule has 3 fully saturated rings. The number of hydrogen-bond donors (Lipinski definition) is 2. The van der Waals surface area contributed by atoms with E-state index in [1.54, 1.807) is 0 Å². The number of para-hydroxylation sites is 1. The zero-order valence-corrected chi connectivity index (χ0v) is 16.5. The molecule has 0 aromatic heterocycles. The van der Waals surface area contributed by atoms with E-state index >= 15 is 0 Å². The molecular formula is C22H33N3O2. The van der Waals surface area contributed by atoms with Crippen molar-refractivity contribution < 1.29 is 9.53 Å². The maximum atomic E-state index is 12.3. The minimum Gasteiger partial charge on any atom is -0.358 e. The van der Waals surface area contributed by atoms with Crippen molar-refractivity contribution in [3.63, 3.8) is 0 Å². The first-order valence-electron chi connectivity index (χ1n) is 10.7. The molecule has 1 amide bonds. The minimum atomic E-state index is -0.111. The van der Waals surface area contributed by atoms with Crippen LogP contribution in [0.5, 0.6) is 0 Å². The second-order valence-electron chi connectivity index (χ2n) is 8.41. The van der Waals surface area contributed by atoms with Crippen LogP contribution in [-0.2, 0) is 9.53 Å². The average molecular weight is 372 g/mol. The highest BCUT2D eigenvalue weighted by molar-refractivity contribution is 5.90. The van der Waals surface area contributed by atoms with E-state index < -0.39 is 0 Å². The maximum absolute atomic E-state index is 12.3. The van der Waals surface area contributed by atoms with Gasteiger partial charge in [0.1, 0.15) is 5.72 Å². The highest BCUT2D eigenvalue weighted by Crippen LogP contribution is 2.45. The monoisotopic (exact) mass is 371 g/mol. The van der Waals surface area contributed by atoms with Crippen molar-refractivity contribution in [1.82, 2.24) is 10.2 Å². The standard InChI is InChI=1S/C22H33N3O2/c1-2-22(16-23-12-13-27-22)25-19-9-10-20(25)15-17(14-19)8-11-21(26)24-18-6-4-3-5-7-18/h3-7,17,19-20,23H,2,8-16H2,1H3,(H,24,26). The highest BCUT2D eigenvalue weighted by atomic mass is 16.5. The Morgan fingerprint density at radius 3 is 2.63 bits per heavy atom. The zero-order chi connectivity index (χ0) is 18.7. The van der Waals surface area contributed by atoms with Crippen molar-refractivity contribution in [2.24, 2.45) is 5.92 Å². The molecule has 2 N–H and O–H groups in total. The van der Waals surface area contributed by atoms with Crippen LogP contribution in [-0.4, -0.2) is 48.3 Å². The summed E-state index contributed by atoms with van der Waals surface area (Å²) in [6.07, 6.45) is 7.64. The summed E-state index contributed by atoms with van der Waals surface area (Å²) in [5.74, 6) is 0.798. The van der Waals surface area contributed by atoms with Gasteiger partial charge in [0.2, 0.25) is 5.91 Å². The van der Waals surface area contributed by atoms with Gasteiger partial charge >= 0.3 is 0 Å². The minimum absolute atomic E-state index is 0.111. The van der Waals surface area contributed by atoms with Gasteiger partial charge in [-0.1, -0.05) is 25.1 Å². The van der Waals surface area contributed by atoms with Crippen molar-refractivity contribution in [2.45, 2.75) is 69.7 Å². The molecule has 0 radical (unpaired) electrons. The predicted octanol–water partition coefficient (Wildman–Crippen LogP) is 3.37. The van der Waals surface area contributed by atoms with Gasteiger partial charge < -0.3 is 15.4 Å². The van der Waals surface area contributed by atoms with Gasteiger partial charge in [-0.25, -0.2) is 0 Å². The third-order valence-electron chi connectivity index (χ3n) is 6.74. The summed E-state index contributed by atoms with van der Waals surface area (Å²) in [5.41, 5.74) is 0.781. The molecule has 4 rings (SSSR count). The van der Waals surface area contributed by atoms with E-state index in [1.807, 2.05) is 30.3 Å². The van der Waals surface area contributed by atoms with E-state index in [0.29, 0.717) is 24.4 Å². The lowest BCUT2D eigenvalue weighted by Crippen LogP contribution is -2.65. The van der Waals surface area contributed by atoms with Crippen LogP contribution in [0.15, 0.2) is 30.3 Å². The normalized spacial score (nSPS) is 33.7. The Hall–Kier alpha value is -1.43. The molecule has 27 heavy (non-hydrogen) atoms. The second-order valence-corrected chi connectivity index (χ2v) is 8.41. The molecule has 5 heteroatoms. The molecule has 3 aliphatic heterocycles. The van der Waals surface area contributed by atoms with Crippen molar-refractivity contribution >= 4 is 11.6 Å². The first-order chi connectivity index (χ1) is 13.2. The fourth-order valence-electron chi connectivity index (χ4n) is 5.49. The van der Waals surface area contributed by atoms with Gasteiger partial charge in [-0.2, -0.15) is 0 Å². The van der Waals surface area contributed by atoms with Crippen LogP contribution in [0, 0.1) is 5.92 Å². The number of hydrogen-bond acceptors (Lipinski definition) is 4. The lowest BCUT2D eigenvalue weighted by molar-refractivity contribution is -0.200. The van der Waals surface area contributed by atoms with Crippen LogP contribution in [0.1, 0.15) is 51.9 Å². The van der Waals surface area contributed by atoms with Gasteiger partial charge in [-0.15, -0.1) is 0 Å². The number of anilines is 1. The van der Waals surface area contributed by atoms with Crippen LogP contribution >= 0.6 is 0 Å². The summed E-state index contributed by atoms with van der Waals surface area (Å²) in [4.78, 5) is 15.0. The molecule has 1 aromatic rings. The number of fused-ring (bicyclic) bond motifs is 2. The van der Waals surface area contributed by atoms with Crippen LogP contribution in [0.25, 0.3) is 0 Å². The van der Waals surface area contributed by atoms with Gasteiger partial charge in [0, 0.05) is 37.3 Å². The van der Waals surface area contributed by atoms with Crippen LogP contribution in [0.4, 0.5) is 5.69 Å². The quantitative estimate of drug-likeness (QED) is 0.805. The Balaban J connectivity index is 1.31. The van der Waals surface area contributed by atoms with Crippen LogP contribution < -0.4 is 10.6 Å². The molecule has 3 unspecified atom stereocenters. The molecular weight excluding hydrogens is 338 g/mol. The van der Waals surface area contributed by atoms with E-state index in [-0.39, 0.29) is 11.6 Å². The Labute approximate surface area is 162 Å². The average Bonchev–Trinajstić information content (AvgIpc) is 2.99. The molecule has 148 valence electrons. The smallest absolute Gasteiger partial charge is 0.224 e. The summed E-state index contributed by atoms with van der Waals surface area (Å²) in [7, 11) is 0. The second kappa shape index (κ2) is 8.29. The van der Waals surface area contributed by atoms with Gasteiger partial charge in [-0.3, -0.25) is 9.69 Å². The Morgan fingerprint density at radius 1 is 1.26 bits per heavy atom. The predicted molar refractivity (Wildman–Crippen MR) is 108 cm³/mol. The number of nitrogens with one attached hydrogen (secondary N) is 2. The fourth-order valence-corrected chi connectivity index (χ4v) is 5.49. The van der Waals surface area contributed by atoms with Crippen molar-refractivity contribution in [2.75, 3.05) is 25.0 Å². The first kappa shape index (κ1) is 18.9. The van der Waals surface area contributed by atoms with Crippen LogP contribution in [0.3, 0.4) is 0 Å². The van der Waals surface area contributed by atoms with E-state index in [2.05, 4.69) is 22.5 Å². The lowest BCUT2D eigenvalue weighted by atomic mass is 9.85. The molecule has 0 spiro atoms. The van der Waals surface area contributed by atoms with Gasteiger partial charge in [0.25, 0.3) is 0 Å². The molecule has 0 aliphatic carbocycles. The molecule has 3 atom stereocenters. The fraction of sp³-hybridized carbons (Fsp3) is 0.682. The number of benzene rings is 1. The number of carbonyl (C=O) groups is 1. The third kappa shape index (κ3) is 4.05. The summed E-state index contributed by atoms with van der Waals surface area (Å²) in [6.45, 7) is 4.98. The number of piperidine rings is 1. The molecule has 5 nitrogen and oxygen atoms in total. The van der Waals surface area contributed by atoms with E-state index in [1.165, 1.54) is 25.7 Å². The number of ether oxygens (including phenoxy) is 1. The lowest BCUT2D eigenvalue weighted by Gasteiger charge is -2.52. The molecule has 3 aliphatic rings. The maximum Gasteiger partial charge on any atom is 0.224 e. The number of carbonyl (C=O) groups excluding carboxylic acids is 1. The van der Waals surface area contributed by atoms with Gasteiger partial charge in [0.15, 0.2) is 0 Å². The van der Waals surface area contributed by atoms with Crippen molar-refractivity contribution in [3.05, 3.63) is 30.3 Å². The number of rotatable bonds is 6. The Morgan fingerprint density at radius 2 is 2.00 bits per heavy atom. The summed E-state index contributed by atoms with van der Waals surface area (Å²) < 4.78 is 6.33. The summed E-state index contributed by atoms with van der Waals surface area (Å²) in [6, 6.07) is 11.0. The molecule has 1 aromatic carbocycles. The molecule has 3 saturated heterocycles. The molecule has 2 bridgehead atoms. The van der Waals surface area contributed by atoms with E-state index in [4.69, 9.17) is 4.74 Å². The van der Waals surface area contributed by atoms with E-state index in [9.17, 15) is 4.79 Å². The van der Waals surface area contributed by atoms with E-state index in [0.717, 1.165) is 38.2 Å². The number of morpholine rings is 1. The Bertz CT molecular complexity index is 616. The third-order valence-corrected chi connectivity index (χ3v) is 6.74. The Kier molecular flexibility index (Phi) is 5.81. The van der Waals surface area contributed by atoms with Crippen molar-refractivity contribution in [1.29, 1.82) is 0 Å².